The highest BCUT2D eigenvalue weighted by Crippen LogP contribution is 2.30. The minimum absolute atomic E-state index is 0.0161. The van der Waals surface area contributed by atoms with Gasteiger partial charge in [-0.3, -0.25) is 9.88 Å². The molecule has 1 aromatic carbocycles. The largest absolute Gasteiger partial charge is 0.573 e. The van der Waals surface area contributed by atoms with Crippen LogP contribution in [0.1, 0.15) is 5.56 Å². The van der Waals surface area contributed by atoms with Crippen LogP contribution in [-0.4, -0.2) is 53.4 Å². The fraction of sp³-hybridized carbons (Fsp3) is 0.333. The first-order valence-corrected chi connectivity index (χ1v) is 8.43. The maximum absolute atomic E-state index is 12.5. The number of alkyl halides is 3. The second-order valence-electron chi connectivity index (χ2n) is 6.10. The molecule has 1 aromatic heterocycles. The summed E-state index contributed by atoms with van der Waals surface area (Å²) in [5.41, 5.74) is 1.08. The molecule has 27 heavy (non-hydrogen) atoms. The fourth-order valence-corrected chi connectivity index (χ4v) is 2.84. The van der Waals surface area contributed by atoms with Crippen molar-refractivity contribution in [2.24, 2.45) is 0 Å². The monoisotopic (exact) mass is 380 g/mol. The number of pyridine rings is 1. The Morgan fingerprint density at radius 1 is 1.11 bits per heavy atom. The zero-order valence-electron chi connectivity index (χ0n) is 14.4. The number of hydrogen-bond donors (Lipinski definition) is 1. The highest BCUT2D eigenvalue weighted by Gasteiger charge is 2.32. The van der Waals surface area contributed by atoms with E-state index in [1.165, 1.54) is 18.2 Å². The molecule has 144 valence electrons. The Labute approximate surface area is 154 Å². The number of urea groups is 1. The second kappa shape index (κ2) is 8.26. The number of piperazine rings is 1. The molecule has 1 saturated heterocycles. The predicted molar refractivity (Wildman–Crippen MR) is 93.2 cm³/mol. The molecule has 0 spiro atoms. The number of nitrogens with one attached hydrogen (secondary N) is 1. The van der Waals surface area contributed by atoms with E-state index in [9.17, 15) is 18.0 Å². The van der Waals surface area contributed by atoms with Crippen LogP contribution in [0.2, 0.25) is 0 Å². The molecule has 0 bridgehead atoms. The van der Waals surface area contributed by atoms with Crippen molar-refractivity contribution in [1.82, 2.24) is 14.8 Å². The molecule has 0 atom stereocenters. The summed E-state index contributed by atoms with van der Waals surface area (Å²) in [7, 11) is 0. The minimum Gasteiger partial charge on any atom is -0.404 e. The molecule has 0 radical (unpaired) electrons. The molecule has 2 heterocycles. The quantitative estimate of drug-likeness (QED) is 0.884. The summed E-state index contributed by atoms with van der Waals surface area (Å²) < 4.78 is 41.4. The van der Waals surface area contributed by atoms with E-state index in [1.54, 1.807) is 17.3 Å². The Bertz CT molecular complexity index is 763. The van der Waals surface area contributed by atoms with Gasteiger partial charge in [0.1, 0.15) is 0 Å². The van der Waals surface area contributed by atoms with Gasteiger partial charge in [-0.25, -0.2) is 4.79 Å². The third-order valence-electron chi connectivity index (χ3n) is 4.14. The van der Waals surface area contributed by atoms with Gasteiger partial charge in [0.2, 0.25) is 0 Å². The summed E-state index contributed by atoms with van der Waals surface area (Å²) in [5, 5.41) is 2.50. The van der Waals surface area contributed by atoms with Crippen LogP contribution in [0.15, 0.2) is 48.8 Å². The van der Waals surface area contributed by atoms with Crippen molar-refractivity contribution < 1.29 is 22.7 Å². The lowest BCUT2D eigenvalue weighted by Crippen LogP contribution is -2.49. The zero-order valence-corrected chi connectivity index (χ0v) is 14.4. The van der Waals surface area contributed by atoms with E-state index in [2.05, 4.69) is 19.9 Å². The van der Waals surface area contributed by atoms with E-state index in [-0.39, 0.29) is 5.69 Å². The lowest BCUT2D eigenvalue weighted by Gasteiger charge is -2.34. The van der Waals surface area contributed by atoms with Crippen LogP contribution < -0.4 is 10.1 Å². The highest BCUT2D eigenvalue weighted by atomic mass is 19.4. The second-order valence-corrected chi connectivity index (χ2v) is 6.10. The van der Waals surface area contributed by atoms with Crippen molar-refractivity contribution in [1.29, 1.82) is 0 Å². The number of rotatable bonds is 4. The normalized spacial score (nSPS) is 15.4. The molecule has 3 rings (SSSR count). The molecule has 6 nitrogen and oxygen atoms in total. The maximum atomic E-state index is 12.5. The number of aromatic nitrogens is 1. The number of benzene rings is 1. The number of ether oxygens (including phenoxy) is 1. The van der Waals surface area contributed by atoms with Crippen LogP contribution in [-0.2, 0) is 6.54 Å². The van der Waals surface area contributed by atoms with Gasteiger partial charge in [0.15, 0.2) is 5.75 Å². The van der Waals surface area contributed by atoms with E-state index >= 15 is 0 Å². The van der Waals surface area contributed by atoms with Gasteiger partial charge in [-0.15, -0.1) is 13.2 Å². The van der Waals surface area contributed by atoms with Crippen molar-refractivity contribution in [2.75, 3.05) is 31.5 Å². The maximum Gasteiger partial charge on any atom is 0.573 e. The highest BCUT2D eigenvalue weighted by molar-refractivity contribution is 5.91. The molecule has 9 heteroatoms. The average molecular weight is 380 g/mol. The molecule has 0 unspecified atom stereocenters. The smallest absolute Gasteiger partial charge is 0.404 e. The first-order chi connectivity index (χ1) is 12.9. The van der Waals surface area contributed by atoms with Gasteiger partial charge in [-0.05, 0) is 23.8 Å². The predicted octanol–water partition coefficient (Wildman–Crippen LogP) is 3.33. The number of carbonyl (C=O) groups excluding carboxylic acids is 1. The number of para-hydroxylation sites is 2. The Kier molecular flexibility index (Phi) is 5.80. The van der Waals surface area contributed by atoms with Gasteiger partial charge < -0.3 is 15.0 Å². The van der Waals surface area contributed by atoms with Crippen molar-refractivity contribution in [3.8, 4) is 5.75 Å². The average Bonchev–Trinajstić information content (AvgIpc) is 2.63. The molecular weight excluding hydrogens is 361 g/mol. The van der Waals surface area contributed by atoms with E-state index < -0.39 is 18.1 Å². The van der Waals surface area contributed by atoms with E-state index in [4.69, 9.17) is 0 Å². The van der Waals surface area contributed by atoms with E-state index in [0.717, 1.165) is 18.2 Å². The number of carbonyl (C=O) groups is 1. The molecule has 0 aliphatic carbocycles. The molecule has 1 N–H and O–H groups in total. The standard InChI is InChI=1S/C18H19F3N4O2/c19-18(20,21)27-16-6-2-1-5-15(16)23-17(26)25-10-8-24(9-11-25)13-14-4-3-7-22-12-14/h1-7,12H,8-11,13H2,(H,23,26). The molecule has 0 saturated carbocycles. The van der Waals surface area contributed by atoms with E-state index in [1.807, 2.05) is 12.1 Å². The Hall–Kier alpha value is -2.81. The van der Waals surface area contributed by atoms with Crippen molar-refractivity contribution in [3.05, 3.63) is 54.4 Å². The summed E-state index contributed by atoms with van der Waals surface area (Å²) in [6, 6.07) is 8.89. The summed E-state index contributed by atoms with van der Waals surface area (Å²) in [5.74, 6) is -0.437. The summed E-state index contributed by atoms with van der Waals surface area (Å²) in [4.78, 5) is 20.2. The fourth-order valence-electron chi connectivity index (χ4n) is 2.84. The van der Waals surface area contributed by atoms with Crippen LogP contribution in [0.5, 0.6) is 5.75 Å². The number of amides is 2. The van der Waals surface area contributed by atoms with Gasteiger partial charge in [-0.1, -0.05) is 18.2 Å². The Balaban J connectivity index is 1.54. The van der Waals surface area contributed by atoms with Crippen LogP contribution >= 0.6 is 0 Å². The van der Waals surface area contributed by atoms with Crippen LogP contribution in [0.4, 0.5) is 23.7 Å². The Morgan fingerprint density at radius 3 is 2.52 bits per heavy atom. The van der Waals surface area contributed by atoms with Crippen LogP contribution in [0, 0.1) is 0 Å². The third-order valence-corrected chi connectivity index (χ3v) is 4.14. The molecule has 2 aromatic rings. The molecule has 2 amide bonds. The minimum atomic E-state index is -4.82. The third kappa shape index (κ3) is 5.58. The van der Waals surface area contributed by atoms with Crippen molar-refractivity contribution in [2.45, 2.75) is 12.9 Å². The van der Waals surface area contributed by atoms with Crippen LogP contribution in [0.25, 0.3) is 0 Å². The first-order valence-electron chi connectivity index (χ1n) is 8.43. The van der Waals surface area contributed by atoms with Gasteiger partial charge in [-0.2, -0.15) is 0 Å². The van der Waals surface area contributed by atoms with Gasteiger partial charge in [0, 0.05) is 45.1 Å². The molecule has 1 fully saturated rings. The zero-order chi connectivity index (χ0) is 19.3. The lowest BCUT2D eigenvalue weighted by molar-refractivity contribution is -0.274. The van der Waals surface area contributed by atoms with Crippen molar-refractivity contribution >= 4 is 11.7 Å². The summed E-state index contributed by atoms with van der Waals surface area (Å²) >= 11 is 0. The molecule has 1 aliphatic rings. The molecule has 1 aliphatic heterocycles. The number of hydrogen-bond acceptors (Lipinski definition) is 4. The van der Waals surface area contributed by atoms with Gasteiger partial charge in [0.05, 0.1) is 5.69 Å². The topological polar surface area (TPSA) is 57.7 Å². The van der Waals surface area contributed by atoms with Crippen LogP contribution in [0.3, 0.4) is 0 Å². The number of anilines is 1. The SMILES string of the molecule is O=C(Nc1ccccc1OC(F)(F)F)N1CCN(Cc2cccnc2)CC1. The number of nitrogens with zero attached hydrogens (tertiary/aromatic N) is 3. The first kappa shape index (κ1) is 19.0. The summed E-state index contributed by atoms with van der Waals surface area (Å²) in [6.45, 7) is 3.04. The number of halogens is 3. The lowest BCUT2D eigenvalue weighted by atomic mass is 10.2. The van der Waals surface area contributed by atoms with Crippen molar-refractivity contribution in [3.63, 3.8) is 0 Å². The summed E-state index contributed by atoms with van der Waals surface area (Å²) in [6.07, 6.45) is -1.30. The van der Waals surface area contributed by atoms with Gasteiger partial charge >= 0.3 is 12.4 Å². The molecular formula is C18H19F3N4O2. The Morgan fingerprint density at radius 2 is 1.85 bits per heavy atom. The van der Waals surface area contributed by atoms with E-state index in [0.29, 0.717) is 26.2 Å². The van der Waals surface area contributed by atoms with Gasteiger partial charge in [0.25, 0.3) is 0 Å².